The maximum Gasteiger partial charge on any atom is 0.119 e. The Balaban J connectivity index is 1.75. The molecule has 0 aromatic heterocycles. The molecule has 112 valence electrons. The molecule has 0 aliphatic carbocycles. The molecule has 0 aliphatic heterocycles. The molecule has 0 saturated carbocycles. The number of rotatable bonds is 7. The molecule has 0 aliphatic rings. The molecule has 2 aromatic carbocycles. The Bertz CT molecular complexity index is 551. The van der Waals surface area contributed by atoms with Crippen molar-refractivity contribution in [2.24, 2.45) is 5.73 Å². The van der Waals surface area contributed by atoms with E-state index in [2.05, 4.69) is 43.1 Å². The Morgan fingerprint density at radius 1 is 1.05 bits per heavy atom. The molecule has 0 unspecified atom stereocenters. The number of anilines is 1. The zero-order valence-corrected chi connectivity index (χ0v) is 12.9. The van der Waals surface area contributed by atoms with Gasteiger partial charge in [-0.05, 0) is 42.7 Å². The summed E-state index contributed by atoms with van der Waals surface area (Å²) < 4.78 is 5.75. The largest absolute Gasteiger partial charge is 0.494 e. The Hall–Kier alpha value is -2.00. The number of hydrogen-bond acceptors (Lipinski definition) is 3. The van der Waals surface area contributed by atoms with E-state index in [0.29, 0.717) is 6.54 Å². The number of benzene rings is 2. The van der Waals surface area contributed by atoms with Gasteiger partial charge in [-0.25, -0.2) is 0 Å². The Morgan fingerprint density at radius 3 is 2.43 bits per heavy atom. The van der Waals surface area contributed by atoms with Crippen molar-refractivity contribution in [3.8, 4) is 5.75 Å². The van der Waals surface area contributed by atoms with Crippen LogP contribution in [0, 0.1) is 6.92 Å². The lowest BCUT2D eigenvalue weighted by molar-refractivity contribution is 0.312. The lowest BCUT2D eigenvalue weighted by atomic mass is 10.2. The number of ether oxygens (including phenoxy) is 1. The third-order valence-electron chi connectivity index (χ3n) is 3.59. The van der Waals surface area contributed by atoms with Gasteiger partial charge in [0, 0.05) is 25.8 Å². The first-order chi connectivity index (χ1) is 10.2. The van der Waals surface area contributed by atoms with Crippen LogP contribution in [0.4, 0.5) is 5.69 Å². The van der Waals surface area contributed by atoms with Crippen LogP contribution in [0.2, 0.25) is 0 Å². The average Bonchev–Trinajstić information content (AvgIpc) is 2.52. The van der Waals surface area contributed by atoms with Crippen LogP contribution in [0.1, 0.15) is 17.5 Å². The van der Waals surface area contributed by atoms with Gasteiger partial charge in [0.15, 0.2) is 0 Å². The summed E-state index contributed by atoms with van der Waals surface area (Å²) in [4.78, 5) is 2.27. The second-order valence-corrected chi connectivity index (χ2v) is 5.26. The van der Waals surface area contributed by atoms with E-state index in [-0.39, 0.29) is 0 Å². The van der Waals surface area contributed by atoms with E-state index in [1.807, 2.05) is 24.3 Å². The van der Waals surface area contributed by atoms with Crippen LogP contribution in [0.15, 0.2) is 48.5 Å². The highest BCUT2D eigenvalue weighted by atomic mass is 16.5. The summed E-state index contributed by atoms with van der Waals surface area (Å²) in [6.07, 6.45) is 0.990. The molecule has 0 fully saturated rings. The van der Waals surface area contributed by atoms with Crippen LogP contribution in [0.25, 0.3) is 0 Å². The first-order valence-corrected chi connectivity index (χ1v) is 7.39. The lowest BCUT2D eigenvalue weighted by Gasteiger charge is -2.21. The molecule has 3 nitrogen and oxygen atoms in total. The van der Waals surface area contributed by atoms with Gasteiger partial charge in [-0.2, -0.15) is 0 Å². The second-order valence-electron chi connectivity index (χ2n) is 5.26. The SMILES string of the molecule is Cc1ccccc1N(C)CCCOc1ccc(CN)cc1. The van der Waals surface area contributed by atoms with E-state index in [0.717, 1.165) is 30.9 Å². The summed E-state index contributed by atoms with van der Waals surface area (Å²) in [7, 11) is 2.12. The van der Waals surface area contributed by atoms with Gasteiger partial charge in [0.2, 0.25) is 0 Å². The molecule has 2 aromatic rings. The topological polar surface area (TPSA) is 38.5 Å². The molecule has 21 heavy (non-hydrogen) atoms. The predicted octanol–water partition coefficient (Wildman–Crippen LogP) is 3.36. The van der Waals surface area contributed by atoms with E-state index in [4.69, 9.17) is 10.5 Å². The summed E-state index contributed by atoms with van der Waals surface area (Å²) in [6.45, 7) is 4.41. The predicted molar refractivity (Wildman–Crippen MR) is 88.9 cm³/mol. The quantitative estimate of drug-likeness (QED) is 0.792. The molecule has 3 heteroatoms. The summed E-state index contributed by atoms with van der Waals surface area (Å²) in [5.41, 5.74) is 9.29. The van der Waals surface area contributed by atoms with E-state index in [1.165, 1.54) is 11.3 Å². The minimum absolute atomic E-state index is 0.571. The van der Waals surface area contributed by atoms with Crippen LogP contribution in [0.3, 0.4) is 0 Å². The fourth-order valence-corrected chi connectivity index (χ4v) is 2.33. The number of nitrogens with two attached hydrogens (primary N) is 1. The zero-order valence-electron chi connectivity index (χ0n) is 12.9. The molecule has 0 saturated heterocycles. The molecular weight excluding hydrogens is 260 g/mol. The van der Waals surface area contributed by atoms with Gasteiger partial charge >= 0.3 is 0 Å². The van der Waals surface area contributed by atoms with Gasteiger partial charge in [-0.15, -0.1) is 0 Å². The van der Waals surface area contributed by atoms with Crippen molar-refractivity contribution in [2.75, 3.05) is 25.1 Å². The average molecular weight is 284 g/mol. The molecule has 0 radical (unpaired) electrons. The van der Waals surface area contributed by atoms with Crippen LogP contribution in [-0.4, -0.2) is 20.2 Å². The van der Waals surface area contributed by atoms with Crippen molar-refractivity contribution in [2.45, 2.75) is 19.9 Å². The van der Waals surface area contributed by atoms with Crippen LogP contribution >= 0.6 is 0 Å². The maximum atomic E-state index is 5.75. The van der Waals surface area contributed by atoms with E-state index >= 15 is 0 Å². The highest BCUT2D eigenvalue weighted by Gasteiger charge is 2.03. The van der Waals surface area contributed by atoms with Crippen molar-refractivity contribution in [1.82, 2.24) is 0 Å². The Labute approximate surface area is 127 Å². The highest BCUT2D eigenvalue weighted by molar-refractivity contribution is 5.52. The fourth-order valence-electron chi connectivity index (χ4n) is 2.33. The molecule has 0 spiro atoms. The number of para-hydroxylation sites is 1. The molecule has 0 bridgehead atoms. The van der Waals surface area contributed by atoms with Crippen LogP contribution in [0.5, 0.6) is 5.75 Å². The van der Waals surface area contributed by atoms with E-state index in [9.17, 15) is 0 Å². The van der Waals surface area contributed by atoms with Gasteiger partial charge in [0.1, 0.15) is 5.75 Å². The zero-order chi connectivity index (χ0) is 15.1. The first kappa shape index (κ1) is 15.4. The van der Waals surface area contributed by atoms with Gasteiger partial charge in [0.25, 0.3) is 0 Å². The van der Waals surface area contributed by atoms with E-state index < -0.39 is 0 Å². The maximum absolute atomic E-state index is 5.75. The van der Waals surface area contributed by atoms with Crippen molar-refractivity contribution in [1.29, 1.82) is 0 Å². The lowest BCUT2D eigenvalue weighted by Crippen LogP contribution is -2.21. The Kier molecular flexibility index (Phi) is 5.64. The van der Waals surface area contributed by atoms with E-state index in [1.54, 1.807) is 0 Å². The molecule has 0 amide bonds. The van der Waals surface area contributed by atoms with Crippen LogP contribution < -0.4 is 15.4 Å². The smallest absolute Gasteiger partial charge is 0.119 e. The third-order valence-corrected chi connectivity index (χ3v) is 3.59. The van der Waals surface area contributed by atoms with Gasteiger partial charge in [0.05, 0.1) is 6.61 Å². The van der Waals surface area contributed by atoms with Crippen molar-refractivity contribution < 1.29 is 4.74 Å². The monoisotopic (exact) mass is 284 g/mol. The second kappa shape index (κ2) is 7.70. The fraction of sp³-hybridized carbons (Fsp3) is 0.333. The molecule has 0 heterocycles. The van der Waals surface area contributed by atoms with Gasteiger partial charge in [-0.1, -0.05) is 30.3 Å². The van der Waals surface area contributed by atoms with Crippen LogP contribution in [-0.2, 0) is 6.54 Å². The minimum atomic E-state index is 0.571. The Morgan fingerprint density at radius 2 is 1.76 bits per heavy atom. The third kappa shape index (κ3) is 4.50. The summed E-state index contributed by atoms with van der Waals surface area (Å²) in [6, 6.07) is 16.4. The summed E-state index contributed by atoms with van der Waals surface area (Å²) in [5.74, 6) is 0.908. The minimum Gasteiger partial charge on any atom is -0.494 e. The number of hydrogen-bond donors (Lipinski definition) is 1. The summed E-state index contributed by atoms with van der Waals surface area (Å²) in [5, 5.41) is 0. The molecule has 2 N–H and O–H groups in total. The molecule has 2 rings (SSSR count). The summed E-state index contributed by atoms with van der Waals surface area (Å²) >= 11 is 0. The van der Waals surface area contributed by atoms with Crippen molar-refractivity contribution >= 4 is 5.69 Å². The normalized spacial score (nSPS) is 10.4. The van der Waals surface area contributed by atoms with Gasteiger partial charge in [-0.3, -0.25) is 0 Å². The molecule has 0 atom stereocenters. The van der Waals surface area contributed by atoms with Gasteiger partial charge < -0.3 is 15.4 Å². The van der Waals surface area contributed by atoms with Crippen molar-refractivity contribution in [3.63, 3.8) is 0 Å². The number of aryl methyl sites for hydroxylation is 1. The highest BCUT2D eigenvalue weighted by Crippen LogP contribution is 2.18. The standard InChI is InChI=1S/C18H24N2O/c1-15-6-3-4-7-18(15)20(2)12-5-13-21-17-10-8-16(14-19)9-11-17/h3-4,6-11H,5,12-14,19H2,1-2H3. The van der Waals surface area contributed by atoms with Crippen molar-refractivity contribution in [3.05, 3.63) is 59.7 Å². The number of nitrogens with zero attached hydrogens (tertiary/aromatic N) is 1. The molecular formula is C18H24N2O. The first-order valence-electron chi connectivity index (χ1n) is 7.39.